The van der Waals surface area contributed by atoms with Crippen LogP contribution in [-0.4, -0.2) is 27.8 Å². The fourth-order valence-electron chi connectivity index (χ4n) is 3.02. The monoisotopic (exact) mass is 415 g/mol. The SMILES string of the molecule is CO/C(=C1/C=C(c2ccnc(Nc3ccc(Cl)nc3)n2)C=CC1=N)c1ccccc1. The molecule has 0 amide bonds. The van der Waals surface area contributed by atoms with E-state index in [0.717, 1.165) is 22.5 Å². The van der Waals surface area contributed by atoms with E-state index in [1.165, 1.54) is 0 Å². The molecular weight excluding hydrogens is 398 g/mol. The highest BCUT2D eigenvalue weighted by molar-refractivity contribution is 6.29. The molecule has 7 heteroatoms. The highest BCUT2D eigenvalue weighted by Crippen LogP contribution is 2.28. The summed E-state index contributed by atoms with van der Waals surface area (Å²) in [5, 5.41) is 11.9. The van der Waals surface area contributed by atoms with E-state index in [-0.39, 0.29) is 0 Å². The summed E-state index contributed by atoms with van der Waals surface area (Å²) in [6.45, 7) is 0. The van der Waals surface area contributed by atoms with Gasteiger partial charge in [0, 0.05) is 22.9 Å². The zero-order valence-electron chi connectivity index (χ0n) is 16.1. The number of nitrogens with one attached hydrogen (secondary N) is 2. The summed E-state index contributed by atoms with van der Waals surface area (Å²) in [7, 11) is 1.61. The molecule has 0 bridgehead atoms. The number of nitrogens with zero attached hydrogens (tertiary/aromatic N) is 3. The molecule has 1 aliphatic rings. The number of rotatable bonds is 5. The Hall–Kier alpha value is -3.77. The summed E-state index contributed by atoms with van der Waals surface area (Å²) in [6.07, 6.45) is 8.81. The average molecular weight is 416 g/mol. The van der Waals surface area contributed by atoms with Crippen molar-refractivity contribution in [1.29, 1.82) is 5.41 Å². The Morgan fingerprint density at radius 1 is 1.03 bits per heavy atom. The van der Waals surface area contributed by atoms with Crippen molar-refractivity contribution in [3.05, 3.63) is 101 Å². The smallest absolute Gasteiger partial charge is 0.227 e. The number of methoxy groups -OCH3 is 1. The molecule has 2 N–H and O–H groups in total. The lowest BCUT2D eigenvalue weighted by molar-refractivity contribution is 0.369. The number of allylic oxidation sites excluding steroid dienone is 5. The maximum Gasteiger partial charge on any atom is 0.227 e. The Balaban J connectivity index is 1.69. The van der Waals surface area contributed by atoms with Crippen LogP contribution in [0, 0.1) is 5.41 Å². The standard InChI is InChI=1S/C23H18ClN5O/c1-30-22(15-5-3-2-4-6-15)18-13-16(7-9-19(18)25)20-11-12-26-23(29-20)28-17-8-10-21(24)27-14-17/h2-14,25H,1H3,(H,26,28,29)/b22-18-,25-19?. The number of halogens is 1. The van der Waals surface area contributed by atoms with Gasteiger partial charge in [-0.2, -0.15) is 0 Å². The molecular formula is C23H18ClN5O. The molecule has 148 valence electrons. The number of benzene rings is 1. The summed E-state index contributed by atoms with van der Waals surface area (Å²) in [4.78, 5) is 12.9. The second-order valence-corrected chi connectivity index (χ2v) is 6.81. The number of hydrogen-bond acceptors (Lipinski definition) is 6. The highest BCUT2D eigenvalue weighted by atomic mass is 35.5. The van der Waals surface area contributed by atoms with Crippen molar-refractivity contribution in [2.45, 2.75) is 0 Å². The molecule has 1 aromatic carbocycles. The van der Waals surface area contributed by atoms with Crippen molar-refractivity contribution in [2.24, 2.45) is 0 Å². The third kappa shape index (κ3) is 4.29. The topological polar surface area (TPSA) is 83.8 Å². The van der Waals surface area contributed by atoms with Gasteiger partial charge in [0.1, 0.15) is 10.9 Å². The molecule has 2 heterocycles. The van der Waals surface area contributed by atoms with Gasteiger partial charge >= 0.3 is 0 Å². The number of pyridine rings is 1. The molecule has 0 saturated carbocycles. The first-order valence-electron chi connectivity index (χ1n) is 9.18. The minimum absolute atomic E-state index is 0.374. The van der Waals surface area contributed by atoms with Crippen LogP contribution in [0.5, 0.6) is 0 Å². The summed E-state index contributed by atoms with van der Waals surface area (Å²) in [6, 6.07) is 15.1. The predicted octanol–water partition coefficient (Wildman–Crippen LogP) is 5.30. The van der Waals surface area contributed by atoms with Gasteiger partial charge in [-0.15, -0.1) is 0 Å². The van der Waals surface area contributed by atoms with Crippen molar-refractivity contribution < 1.29 is 4.74 Å². The minimum atomic E-state index is 0.374. The number of ether oxygens (including phenoxy) is 1. The summed E-state index contributed by atoms with van der Waals surface area (Å²) in [5.41, 5.74) is 4.28. The predicted molar refractivity (Wildman–Crippen MR) is 120 cm³/mol. The van der Waals surface area contributed by atoms with E-state index >= 15 is 0 Å². The molecule has 30 heavy (non-hydrogen) atoms. The molecule has 0 spiro atoms. The fourth-order valence-corrected chi connectivity index (χ4v) is 3.13. The largest absolute Gasteiger partial charge is 0.495 e. The quantitative estimate of drug-likeness (QED) is 0.436. The van der Waals surface area contributed by atoms with Gasteiger partial charge in [-0.25, -0.2) is 15.0 Å². The number of anilines is 2. The zero-order valence-corrected chi connectivity index (χ0v) is 16.9. The van der Waals surface area contributed by atoms with Gasteiger partial charge < -0.3 is 15.5 Å². The van der Waals surface area contributed by atoms with Crippen molar-refractivity contribution >= 4 is 40.3 Å². The van der Waals surface area contributed by atoms with Crippen LogP contribution in [0.4, 0.5) is 11.6 Å². The lowest BCUT2D eigenvalue weighted by atomic mass is 9.95. The van der Waals surface area contributed by atoms with E-state index in [0.29, 0.717) is 28.1 Å². The second kappa shape index (κ2) is 8.71. The van der Waals surface area contributed by atoms with Crippen LogP contribution in [0.2, 0.25) is 5.15 Å². The van der Waals surface area contributed by atoms with Gasteiger partial charge in [0.2, 0.25) is 5.95 Å². The van der Waals surface area contributed by atoms with Crippen LogP contribution in [0.1, 0.15) is 11.3 Å². The molecule has 6 nitrogen and oxygen atoms in total. The lowest BCUT2D eigenvalue weighted by Gasteiger charge is -2.16. The zero-order chi connectivity index (χ0) is 20.9. The van der Waals surface area contributed by atoms with Crippen molar-refractivity contribution in [3.63, 3.8) is 0 Å². The fraction of sp³-hybridized carbons (Fsp3) is 0.0435. The highest BCUT2D eigenvalue weighted by Gasteiger charge is 2.17. The van der Waals surface area contributed by atoms with Gasteiger partial charge in [-0.3, -0.25) is 0 Å². The minimum Gasteiger partial charge on any atom is -0.495 e. The molecule has 0 fully saturated rings. The maximum absolute atomic E-state index is 8.36. The van der Waals surface area contributed by atoms with Crippen LogP contribution < -0.4 is 5.32 Å². The summed E-state index contributed by atoms with van der Waals surface area (Å²) in [5.74, 6) is 1.08. The van der Waals surface area contributed by atoms with Gasteiger partial charge in [0.15, 0.2) is 0 Å². The number of aromatic nitrogens is 3. The van der Waals surface area contributed by atoms with Crippen LogP contribution in [0.15, 0.2) is 84.7 Å². The Labute approximate surface area is 179 Å². The Morgan fingerprint density at radius 2 is 1.87 bits per heavy atom. The normalized spacial score (nSPS) is 14.9. The summed E-state index contributed by atoms with van der Waals surface area (Å²) >= 11 is 5.83. The third-order valence-corrected chi connectivity index (χ3v) is 4.66. The van der Waals surface area contributed by atoms with Crippen molar-refractivity contribution in [1.82, 2.24) is 15.0 Å². The van der Waals surface area contributed by atoms with E-state index in [4.69, 9.17) is 21.7 Å². The summed E-state index contributed by atoms with van der Waals surface area (Å²) < 4.78 is 5.64. The molecule has 0 unspecified atom stereocenters. The van der Waals surface area contributed by atoms with Crippen LogP contribution in [0.3, 0.4) is 0 Å². The maximum atomic E-state index is 8.36. The van der Waals surface area contributed by atoms with Gasteiger partial charge in [0.05, 0.1) is 30.4 Å². The first-order chi connectivity index (χ1) is 14.6. The second-order valence-electron chi connectivity index (χ2n) is 6.42. The van der Waals surface area contributed by atoms with Crippen molar-refractivity contribution in [3.8, 4) is 0 Å². The molecule has 3 aromatic rings. The lowest BCUT2D eigenvalue weighted by Crippen LogP contribution is -2.07. The van der Waals surface area contributed by atoms with Crippen LogP contribution >= 0.6 is 11.6 Å². The first-order valence-corrected chi connectivity index (χ1v) is 9.56. The number of hydrogen-bond donors (Lipinski definition) is 2. The third-order valence-electron chi connectivity index (χ3n) is 4.44. The van der Waals surface area contributed by atoms with E-state index in [1.54, 1.807) is 37.7 Å². The first kappa shape index (κ1) is 19.5. The van der Waals surface area contributed by atoms with Gasteiger partial charge in [-0.1, -0.05) is 48.0 Å². The van der Waals surface area contributed by atoms with Gasteiger partial charge in [-0.05, 0) is 30.4 Å². The van der Waals surface area contributed by atoms with Gasteiger partial charge in [0.25, 0.3) is 0 Å². The van der Waals surface area contributed by atoms with Crippen molar-refractivity contribution in [2.75, 3.05) is 12.4 Å². The molecule has 4 rings (SSSR count). The molecule has 0 radical (unpaired) electrons. The Kier molecular flexibility index (Phi) is 5.68. The Morgan fingerprint density at radius 3 is 2.60 bits per heavy atom. The Bertz CT molecular complexity index is 1170. The van der Waals surface area contributed by atoms with E-state index < -0.39 is 0 Å². The molecule has 2 aromatic heterocycles. The van der Waals surface area contributed by atoms with E-state index in [2.05, 4.69) is 20.3 Å². The van der Waals surface area contributed by atoms with E-state index in [1.807, 2.05) is 48.6 Å². The molecule has 0 saturated heterocycles. The molecule has 0 aliphatic heterocycles. The van der Waals surface area contributed by atoms with Crippen LogP contribution in [0.25, 0.3) is 11.3 Å². The molecule has 0 atom stereocenters. The van der Waals surface area contributed by atoms with Crippen LogP contribution in [-0.2, 0) is 4.74 Å². The molecule has 1 aliphatic carbocycles. The van der Waals surface area contributed by atoms with E-state index in [9.17, 15) is 0 Å². The average Bonchev–Trinajstić information content (AvgIpc) is 2.78.